The van der Waals surface area contributed by atoms with Crippen LogP contribution < -0.4 is 0 Å². The second kappa shape index (κ2) is 7.31. The van der Waals surface area contributed by atoms with E-state index >= 15 is 0 Å². The maximum absolute atomic E-state index is 11.6. The van der Waals surface area contributed by atoms with Gasteiger partial charge in [-0.15, -0.1) is 0 Å². The summed E-state index contributed by atoms with van der Waals surface area (Å²) in [6.07, 6.45) is 4.61. The van der Waals surface area contributed by atoms with Crippen LogP contribution in [0.2, 0.25) is 0 Å². The average molecular weight is 285 g/mol. The van der Waals surface area contributed by atoms with Gasteiger partial charge in [-0.1, -0.05) is 60.7 Å². The Balaban J connectivity index is 1.95. The number of hydrogen-bond acceptors (Lipinski definition) is 2. The highest BCUT2D eigenvalue weighted by Crippen LogP contribution is 2.12. The van der Waals surface area contributed by atoms with Crippen molar-refractivity contribution in [2.45, 2.75) is 0 Å². The highest BCUT2D eigenvalue weighted by molar-refractivity contribution is 6.31. The van der Waals surface area contributed by atoms with E-state index in [1.165, 1.54) is 6.08 Å². The van der Waals surface area contributed by atoms with E-state index in [1.54, 1.807) is 12.2 Å². The lowest BCUT2D eigenvalue weighted by Gasteiger charge is -1.99. The molecule has 2 aromatic rings. The lowest BCUT2D eigenvalue weighted by molar-refractivity contribution is -0.132. The van der Waals surface area contributed by atoms with Crippen LogP contribution in [0.15, 0.2) is 72.0 Å². The molecule has 0 saturated heterocycles. The number of rotatable bonds is 4. The van der Waals surface area contributed by atoms with E-state index in [0.29, 0.717) is 0 Å². The number of benzene rings is 2. The molecule has 0 spiro atoms. The Morgan fingerprint density at radius 1 is 0.900 bits per heavy atom. The van der Waals surface area contributed by atoms with Gasteiger partial charge in [-0.3, -0.25) is 0 Å². The Bertz CT molecular complexity index is 616. The van der Waals surface area contributed by atoms with Gasteiger partial charge >= 0.3 is 5.97 Å². The molecule has 0 aliphatic carbocycles. The summed E-state index contributed by atoms with van der Waals surface area (Å²) in [7, 11) is 0. The molecule has 2 aromatic carbocycles. The van der Waals surface area contributed by atoms with E-state index in [1.807, 2.05) is 60.7 Å². The molecule has 0 aliphatic rings. The first kappa shape index (κ1) is 14.1. The molecule has 0 unspecified atom stereocenters. The van der Waals surface area contributed by atoms with E-state index in [9.17, 15) is 4.79 Å². The topological polar surface area (TPSA) is 26.3 Å². The van der Waals surface area contributed by atoms with Crippen LogP contribution in [0.4, 0.5) is 0 Å². The van der Waals surface area contributed by atoms with Crippen molar-refractivity contribution >= 4 is 29.7 Å². The van der Waals surface area contributed by atoms with Crippen molar-refractivity contribution in [3.8, 4) is 0 Å². The molecule has 0 aromatic heterocycles. The molecule has 0 N–H and O–H groups in total. The second-order valence-electron chi connectivity index (χ2n) is 4.02. The number of carbonyl (C=O) groups excluding carboxylic acids is 1. The SMILES string of the molecule is O=C(/C=C/c1ccccc1)O/C(Cl)=C/c1ccccc1. The Morgan fingerprint density at radius 2 is 1.45 bits per heavy atom. The van der Waals surface area contributed by atoms with E-state index in [4.69, 9.17) is 16.3 Å². The summed E-state index contributed by atoms with van der Waals surface area (Å²) in [5.41, 5.74) is 1.80. The largest absolute Gasteiger partial charge is 0.411 e. The molecule has 0 aliphatic heterocycles. The van der Waals surface area contributed by atoms with E-state index < -0.39 is 5.97 Å². The van der Waals surface area contributed by atoms with Crippen LogP contribution >= 0.6 is 11.6 Å². The summed E-state index contributed by atoms with van der Waals surface area (Å²) in [5, 5.41) is 0.0407. The Morgan fingerprint density at radius 3 is 2.05 bits per heavy atom. The smallest absolute Gasteiger partial charge is 0.337 e. The zero-order valence-electron chi connectivity index (χ0n) is 10.7. The van der Waals surface area contributed by atoms with Gasteiger partial charge in [-0.05, 0) is 28.8 Å². The molecule has 0 saturated carbocycles. The molecule has 20 heavy (non-hydrogen) atoms. The van der Waals surface area contributed by atoms with Crippen LogP contribution in [0.3, 0.4) is 0 Å². The van der Waals surface area contributed by atoms with Gasteiger partial charge in [0.2, 0.25) is 0 Å². The van der Waals surface area contributed by atoms with Crippen molar-refractivity contribution in [1.82, 2.24) is 0 Å². The lowest BCUT2D eigenvalue weighted by Crippen LogP contribution is -1.96. The van der Waals surface area contributed by atoms with Crippen molar-refractivity contribution < 1.29 is 9.53 Å². The molecule has 2 rings (SSSR count). The first-order valence-corrected chi connectivity index (χ1v) is 6.49. The molecule has 0 heterocycles. The molecule has 0 atom stereocenters. The van der Waals surface area contributed by atoms with Crippen molar-refractivity contribution in [3.63, 3.8) is 0 Å². The van der Waals surface area contributed by atoms with Crippen molar-refractivity contribution in [2.75, 3.05) is 0 Å². The summed E-state index contributed by atoms with van der Waals surface area (Å²) >= 11 is 5.88. The minimum Gasteiger partial charge on any atom is -0.411 e. The Hall–Kier alpha value is -2.32. The second-order valence-corrected chi connectivity index (χ2v) is 4.40. The predicted molar refractivity (Wildman–Crippen MR) is 81.8 cm³/mol. The predicted octanol–water partition coefficient (Wildman–Crippen LogP) is 4.48. The average Bonchev–Trinajstić information content (AvgIpc) is 2.47. The Labute approximate surface area is 123 Å². The first-order chi connectivity index (χ1) is 9.74. The van der Waals surface area contributed by atoms with Gasteiger partial charge in [0.1, 0.15) is 0 Å². The van der Waals surface area contributed by atoms with E-state index in [2.05, 4.69) is 0 Å². The Kier molecular flexibility index (Phi) is 5.15. The molecule has 0 fully saturated rings. The van der Waals surface area contributed by atoms with Gasteiger partial charge in [0.25, 0.3) is 0 Å². The molecular formula is C17H13ClO2. The van der Waals surface area contributed by atoms with Gasteiger partial charge < -0.3 is 4.74 Å². The monoisotopic (exact) mass is 284 g/mol. The van der Waals surface area contributed by atoms with Crippen molar-refractivity contribution in [3.05, 3.63) is 83.1 Å². The van der Waals surface area contributed by atoms with Crippen LogP contribution in [-0.2, 0) is 9.53 Å². The third kappa shape index (κ3) is 4.75. The first-order valence-electron chi connectivity index (χ1n) is 6.11. The van der Waals surface area contributed by atoms with Crippen molar-refractivity contribution in [2.24, 2.45) is 0 Å². The van der Waals surface area contributed by atoms with E-state index in [-0.39, 0.29) is 5.22 Å². The minimum absolute atomic E-state index is 0.0407. The summed E-state index contributed by atoms with van der Waals surface area (Å²) in [4.78, 5) is 11.6. The number of carbonyl (C=O) groups is 1. The number of ether oxygens (including phenoxy) is 1. The fraction of sp³-hybridized carbons (Fsp3) is 0. The molecule has 0 radical (unpaired) electrons. The summed E-state index contributed by atoms with van der Waals surface area (Å²) in [6.45, 7) is 0. The summed E-state index contributed by atoms with van der Waals surface area (Å²) < 4.78 is 4.98. The van der Waals surface area contributed by atoms with Crippen LogP contribution in [0.25, 0.3) is 12.2 Å². The van der Waals surface area contributed by atoms with Crippen LogP contribution in [0, 0.1) is 0 Å². The van der Waals surface area contributed by atoms with Gasteiger partial charge in [0.05, 0.1) is 0 Å². The summed E-state index contributed by atoms with van der Waals surface area (Å²) in [6, 6.07) is 18.9. The zero-order valence-corrected chi connectivity index (χ0v) is 11.5. The fourth-order valence-corrected chi connectivity index (χ4v) is 1.77. The van der Waals surface area contributed by atoms with Crippen LogP contribution in [0.5, 0.6) is 0 Å². The third-order valence-electron chi connectivity index (χ3n) is 2.49. The van der Waals surface area contributed by atoms with Crippen molar-refractivity contribution in [1.29, 1.82) is 0 Å². The molecule has 0 amide bonds. The zero-order chi connectivity index (χ0) is 14.2. The highest BCUT2D eigenvalue weighted by Gasteiger charge is 2.01. The van der Waals surface area contributed by atoms with E-state index in [0.717, 1.165) is 11.1 Å². The maximum Gasteiger partial charge on any atom is 0.337 e. The van der Waals surface area contributed by atoms with Gasteiger partial charge in [-0.2, -0.15) is 0 Å². The normalized spacial score (nSPS) is 11.6. The third-order valence-corrected chi connectivity index (χ3v) is 2.68. The standard InChI is InChI=1S/C17H13ClO2/c18-16(13-15-9-5-2-6-10-15)20-17(19)12-11-14-7-3-1-4-8-14/h1-13H/b12-11+,16-13+. The van der Waals surface area contributed by atoms with Gasteiger partial charge in [0.15, 0.2) is 5.22 Å². The fourth-order valence-electron chi connectivity index (χ4n) is 1.57. The quantitative estimate of drug-likeness (QED) is 0.470. The number of hydrogen-bond donors (Lipinski definition) is 0. The molecule has 3 heteroatoms. The molecular weight excluding hydrogens is 272 g/mol. The number of halogens is 1. The molecule has 100 valence electrons. The van der Waals surface area contributed by atoms with Crippen LogP contribution in [-0.4, -0.2) is 5.97 Å². The minimum atomic E-state index is -0.508. The van der Waals surface area contributed by atoms with Gasteiger partial charge in [0, 0.05) is 12.2 Å². The number of esters is 1. The maximum atomic E-state index is 11.6. The lowest BCUT2D eigenvalue weighted by atomic mass is 10.2. The highest BCUT2D eigenvalue weighted by atomic mass is 35.5. The molecule has 2 nitrogen and oxygen atoms in total. The van der Waals surface area contributed by atoms with Gasteiger partial charge in [-0.25, -0.2) is 4.79 Å². The van der Waals surface area contributed by atoms with Crippen LogP contribution in [0.1, 0.15) is 11.1 Å². The summed E-state index contributed by atoms with van der Waals surface area (Å²) in [5.74, 6) is -0.508. The molecule has 0 bridgehead atoms.